The molecule has 0 unspecified atom stereocenters. The van der Waals surface area contributed by atoms with E-state index in [0.29, 0.717) is 5.69 Å². The summed E-state index contributed by atoms with van der Waals surface area (Å²) < 4.78 is 0. The molecule has 48 heavy (non-hydrogen) atoms. The molecule has 1 aromatic rings. The van der Waals surface area contributed by atoms with Crippen LogP contribution in [0, 0.1) is 0 Å². The van der Waals surface area contributed by atoms with Crippen LogP contribution in [0.15, 0.2) is 17.5 Å². The van der Waals surface area contributed by atoms with Gasteiger partial charge < -0.3 is 69.4 Å². The maximum atomic E-state index is 13.1. The van der Waals surface area contributed by atoms with Crippen LogP contribution >= 0.6 is 0 Å². The summed E-state index contributed by atoms with van der Waals surface area (Å²) in [5.41, 5.74) is 16.1. The summed E-state index contributed by atoms with van der Waals surface area (Å²) in [6.07, 6.45) is 1.52. The molecule has 0 aliphatic heterocycles. The first kappa shape index (κ1) is 40.2. The minimum atomic E-state index is -1.75. The van der Waals surface area contributed by atoms with Crippen molar-refractivity contribution in [1.29, 1.82) is 0 Å². The van der Waals surface area contributed by atoms with Crippen LogP contribution in [0.25, 0.3) is 0 Å². The monoisotopic (exact) mass is 684 g/mol. The van der Waals surface area contributed by atoms with Crippen molar-refractivity contribution in [2.24, 2.45) is 22.2 Å². The zero-order valence-corrected chi connectivity index (χ0v) is 25.6. The van der Waals surface area contributed by atoms with E-state index in [0.717, 1.165) is 0 Å². The van der Waals surface area contributed by atoms with Crippen molar-refractivity contribution in [2.45, 2.75) is 49.9 Å². The molecule has 266 valence electrons. The predicted molar refractivity (Wildman–Crippen MR) is 162 cm³/mol. The van der Waals surface area contributed by atoms with Crippen LogP contribution in [0.1, 0.15) is 25.0 Å². The fraction of sp³-hybridized carbons (Fsp3) is 0.520. The van der Waals surface area contributed by atoms with Gasteiger partial charge in [0.1, 0.15) is 24.2 Å². The van der Waals surface area contributed by atoms with Crippen molar-refractivity contribution in [2.75, 3.05) is 32.8 Å². The third kappa shape index (κ3) is 15.9. The first-order valence-corrected chi connectivity index (χ1v) is 14.2. The van der Waals surface area contributed by atoms with Gasteiger partial charge in [0.15, 0.2) is 5.96 Å². The summed E-state index contributed by atoms with van der Waals surface area (Å²) in [7, 11) is 0. The zero-order valence-electron chi connectivity index (χ0n) is 25.6. The third-order valence-electron chi connectivity index (χ3n) is 6.09. The Balaban J connectivity index is 2.89. The number of H-pyrrole nitrogens is 1. The Labute approximate surface area is 272 Å². The van der Waals surface area contributed by atoms with E-state index < -0.39 is 104 Å². The van der Waals surface area contributed by atoms with Gasteiger partial charge in [0, 0.05) is 24.9 Å². The molecule has 1 aromatic heterocycles. The standard InChI is InChI=1S/C25H40N12O11/c26-6-17(39)35-16(10-38)21(44)32-8-18(40)31-9-19(41)34-14(5-20(42)43)23(46)36-13(2-1-3-30-25(27)28)22(45)37-15(24(47)48)4-12-7-29-11-33-12/h7,11,13-16,38H,1-6,8-10,26H2,(H,29,33)(H,31,40)(H,32,44)(H,34,41)(H,35,39)(H,36,46)(H,37,45)(H,42,43)(H,47,48)(H4,27,28,30)/t13-,14-,15-,16-/m0/s1. The number of nitrogens with zero attached hydrogens (tertiary/aromatic N) is 2. The van der Waals surface area contributed by atoms with E-state index in [1.807, 2.05) is 0 Å². The quantitative estimate of drug-likeness (QED) is 0.0306. The molecule has 0 aromatic carbocycles. The minimum absolute atomic E-state index is 0.0247. The summed E-state index contributed by atoms with van der Waals surface area (Å²) >= 11 is 0. The Morgan fingerprint density at radius 2 is 1.44 bits per heavy atom. The molecule has 4 atom stereocenters. The number of guanidine groups is 1. The van der Waals surface area contributed by atoms with Crippen molar-refractivity contribution in [3.05, 3.63) is 18.2 Å². The molecule has 6 amide bonds. The van der Waals surface area contributed by atoms with Gasteiger partial charge in [-0.1, -0.05) is 0 Å². The van der Waals surface area contributed by atoms with Crippen molar-refractivity contribution in [1.82, 2.24) is 41.9 Å². The van der Waals surface area contributed by atoms with Crippen LogP contribution in [0.5, 0.6) is 0 Å². The van der Waals surface area contributed by atoms with Gasteiger partial charge >= 0.3 is 11.9 Å². The fourth-order valence-electron chi connectivity index (χ4n) is 3.74. The molecule has 0 saturated heterocycles. The van der Waals surface area contributed by atoms with Gasteiger partial charge in [-0.25, -0.2) is 9.78 Å². The number of aliphatic carboxylic acids is 2. The van der Waals surface area contributed by atoms with Gasteiger partial charge in [-0.05, 0) is 12.8 Å². The number of aromatic amines is 1. The van der Waals surface area contributed by atoms with Crippen LogP contribution in [-0.4, -0.2) is 136 Å². The molecule has 0 radical (unpaired) electrons. The average Bonchev–Trinajstić information content (AvgIpc) is 3.54. The Bertz CT molecular complexity index is 1320. The molecule has 1 heterocycles. The van der Waals surface area contributed by atoms with Crippen LogP contribution < -0.4 is 49.1 Å². The highest BCUT2D eigenvalue weighted by Gasteiger charge is 2.31. The normalized spacial score (nSPS) is 13.0. The predicted octanol–water partition coefficient (Wildman–Crippen LogP) is -7.31. The van der Waals surface area contributed by atoms with E-state index in [1.165, 1.54) is 12.5 Å². The number of hydrogen-bond acceptors (Lipinski definition) is 12. The lowest BCUT2D eigenvalue weighted by molar-refractivity contribution is -0.143. The van der Waals surface area contributed by atoms with Crippen LogP contribution in [0.3, 0.4) is 0 Å². The number of amides is 6. The van der Waals surface area contributed by atoms with Gasteiger partial charge in [0.2, 0.25) is 35.4 Å². The average molecular weight is 685 g/mol. The summed E-state index contributed by atoms with van der Waals surface area (Å²) in [5.74, 6) is -8.81. The lowest BCUT2D eigenvalue weighted by Crippen LogP contribution is -2.57. The van der Waals surface area contributed by atoms with E-state index in [-0.39, 0.29) is 31.8 Å². The number of aromatic nitrogens is 2. The lowest BCUT2D eigenvalue weighted by Gasteiger charge is -2.24. The van der Waals surface area contributed by atoms with Crippen LogP contribution in [-0.2, 0) is 44.8 Å². The minimum Gasteiger partial charge on any atom is -0.481 e. The molecule has 0 fully saturated rings. The molecule has 1 rings (SSSR count). The number of aliphatic imine (C=N–C) groups is 1. The largest absolute Gasteiger partial charge is 0.481 e. The fourth-order valence-corrected chi connectivity index (χ4v) is 3.74. The smallest absolute Gasteiger partial charge is 0.326 e. The number of aliphatic hydroxyl groups excluding tert-OH is 1. The highest BCUT2D eigenvalue weighted by atomic mass is 16.4. The molecule has 0 spiro atoms. The van der Waals surface area contributed by atoms with E-state index in [2.05, 4.69) is 46.9 Å². The number of carboxylic acid groups (broad SMARTS) is 2. The van der Waals surface area contributed by atoms with Crippen molar-refractivity contribution < 1.29 is 53.7 Å². The topological polar surface area (TPSA) is 389 Å². The molecular formula is C25H40N12O11. The van der Waals surface area contributed by atoms with E-state index in [1.54, 1.807) is 0 Å². The maximum absolute atomic E-state index is 13.1. The molecule has 0 aliphatic carbocycles. The first-order chi connectivity index (χ1) is 22.7. The molecular weight excluding hydrogens is 644 g/mol. The van der Waals surface area contributed by atoms with Crippen molar-refractivity contribution in [3.63, 3.8) is 0 Å². The highest BCUT2D eigenvalue weighted by Crippen LogP contribution is 2.05. The summed E-state index contributed by atoms with van der Waals surface area (Å²) in [6, 6.07) is -6.02. The van der Waals surface area contributed by atoms with E-state index in [9.17, 15) is 53.7 Å². The number of nitrogens with two attached hydrogens (primary N) is 3. The molecule has 0 aliphatic rings. The summed E-state index contributed by atoms with van der Waals surface area (Å²) in [4.78, 5) is 108. The van der Waals surface area contributed by atoms with Gasteiger partial charge in [0.25, 0.3) is 0 Å². The SMILES string of the molecule is NCC(=O)N[C@@H](CO)C(=O)NCC(=O)NCC(=O)N[C@@H](CC(=O)O)C(=O)N[C@@H](CCCN=C(N)N)C(=O)N[C@@H](Cc1cnc[nH]1)C(=O)O. The first-order valence-electron chi connectivity index (χ1n) is 14.2. The Morgan fingerprint density at radius 3 is 2.00 bits per heavy atom. The maximum Gasteiger partial charge on any atom is 0.326 e. The highest BCUT2D eigenvalue weighted by molar-refractivity contribution is 5.96. The number of hydrogen-bond donors (Lipinski definition) is 13. The number of carboxylic acids is 2. The number of rotatable bonds is 22. The van der Waals surface area contributed by atoms with E-state index >= 15 is 0 Å². The number of nitrogens with one attached hydrogen (secondary N) is 7. The second-order valence-corrected chi connectivity index (χ2v) is 9.91. The Hall–Kier alpha value is -5.84. The van der Waals surface area contributed by atoms with E-state index in [4.69, 9.17) is 17.2 Å². The van der Waals surface area contributed by atoms with Crippen LogP contribution in [0.4, 0.5) is 0 Å². The summed E-state index contributed by atoms with van der Waals surface area (Å²) in [5, 5.41) is 41.2. The molecule has 23 heteroatoms. The number of aliphatic hydroxyl groups is 1. The molecule has 16 N–H and O–H groups in total. The Kier molecular flexibility index (Phi) is 17.6. The van der Waals surface area contributed by atoms with Gasteiger partial charge in [-0.15, -0.1) is 0 Å². The summed E-state index contributed by atoms with van der Waals surface area (Å²) in [6.45, 7) is -2.68. The zero-order chi connectivity index (χ0) is 36.2. The molecule has 23 nitrogen and oxygen atoms in total. The lowest BCUT2D eigenvalue weighted by atomic mass is 10.1. The van der Waals surface area contributed by atoms with Crippen molar-refractivity contribution >= 4 is 53.3 Å². The van der Waals surface area contributed by atoms with Gasteiger partial charge in [-0.2, -0.15) is 0 Å². The molecule has 0 bridgehead atoms. The Morgan fingerprint density at radius 1 is 0.812 bits per heavy atom. The van der Waals surface area contributed by atoms with Gasteiger partial charge in [-0.3, -0.25) is 38.6 Å². The third-order valence-corrected chi connectivity index (χ3v) is 6.09. The second kappa shape index (κ2) is 21.0. The number of carbonyl (C=O) groups is 8. The van der Waals surface area contributed by atoms with Crippen LogP contribution in [0.2, 0.25) is 0 Å². The van der Waals surface area contributed by atoms with Gasteiger partial charge in [0.05, 0.1) is 39.0 Å². The molecule has 0 saturated carbocycles. The number of imidazole rings is 1. The second-order valence-electron chi connectivity index (χ2n) is 9.91. The number of carbonyl (C=O) groups excluding carboxylic acids is 6. The van der Waals surface area contributed by atoms with Crippen molar-refractivity contribution in [3.8, 4) is 0 Å².